The molecule has 27 heavy (non-hydrogen) atoms. The van der Waals surface area contributed by atoms with Crippen LogP contribution in [-0.4, -0.2) is 21.7 Å². The van der Waals surface area contributed by atoms with Crippen molar-refractivity contribution in [3.05, 3.63) is 88.2 Å². The highest BCUT2D eigenvalue weighted by Gasteiger charge is 2.28. The molecule has 1 aliphatic rings. The molecule has 1 aliphatic carbocycles. The van der Waals surface area contributed by atoms with Crippen molar-refractivity contribution in [2.24, 2.45) is 0 Å². The van der Waals surface area contributed by atoms with Gasteiger partial charge in [-0.05, 0) is 42.2 Å². The summed E-state index contributed by atoms with van der Waals surface area (Å²) in [7, 11) is 0. The van der Waals surface area contributed by atoms with Gasteiger partial charge in [0.2, 0.25) is 5.95 Å². The molecule has 0 saturated carbocycles. The molecular weight excluding hydrogens is 362 g/mol. The van der Waals surface area contributed by atoms with E-state index in [2.05, 4.69) is 15.3 Å². The minimum absolute atomic E-state index is 0.00200. The lowest BCUT2D eigenvalue weighted by molar-refractivity contribution is 0.0962. The standard InChI is InChI=1S/C21H16ClN3O2/c22-16-8-4-7-14(9-16)15-10-18-17(19(26)11-15)12-23-21(24-18)25-20(27)13-5-2-1-3-6-13/h1-9,12,15H,10-11H2,(H,23,24,25,27)/t15-/m1/s1. The quantitative estimate of drug-likeness (QED) is 0.738. The molecule has 3 aromatic rings. The van der Waals surface area contributed by atoms with E-state index in [1.165, 1.54) is 6.20 Å². The number of fused-ring (bicyclic) bond motifs is 1. The average molecular weight is 378 g/mol. The zero-order valence-corrected chi connectivity index (χ0v) is 15.1. The molecule has 6 heteroatoms. The van der Waals surface area contributed by atoms with Crippen molar-refractivity contribution >= 4 is 29.2 Å². The molecule has 0 aliphatic heterocycles. The highest BCUT2D eigenvalue weighted by Crippen LogP contribution is 2.32. The van der Waals surface area contributed by atoms with Gasteiger partial charge in [0.05, 0.1) is 11.3 Å². The first-order valence-corrected chi connectivity index (χ1v) is 8.99. The Labute approximate surface area is 161 Å². The van der Waals surface area contributed by atoms with Crippen molar-refractivity contribution in [1.29, 1.82) is 0 Å². The highest BCUT2D eigenvalue weighted by atomic mass is 35.5. The molecule has 4 rings (SSSR count). The Bertz CT molecular complexity index is 1020. The number of Topliss-reactive ketones (excluding diaryl/α,β-unsaturated/α-hetero) is 1. The van der Waals surface area contributed by atoms with Crippen molar-refractivity contribution in [3.8, 4) is 0 Å². The van der Waals surface area contributed by atoms with Crippen LogP contribution in [0.4, 0.5) is 5.95 Å². The number of anilines is 1. The number of nitrogens with zero attached hydrogens (tertiary/aromatic N) is 2. The summed E-state index contributed by atoms with van der Waals surface area (Å²) in [5.74, 6) is -0.0790. The van der Waals surface area contributed by atoms with E-state index >= 15 is 0 Å². The largest absolute Gasteiger partial charge is 0.294 e. The molecule has 1 aromatic heterocycles. The Morgan fingerprint density at radius 1 is 1.07 bits per heavy atom. The fourth-order valence-electron chi connectivity index (χ4n) is 3.26. The number of nitrogens with one attached hydrogen (secondary N) is 1. The summed E-state index contributed by atoms with van der Waals surface area (Å²) in [6, 6.07) is 16.4. The third kappa shape index (κ3) is 3.73. The normalized spacial score (nSPS) is 15.9. The molecule has 0 saturated heterocycles. The number of carbonyl (C=O) groups excluding carboxylic acids is 2. The number of aromatic nitrogens is 2. The van der Waals surface area contributed by atoms with Gasteiger partial charge in [-0.1, -0.05) is 41.9 Å². The van der Waals surface area contributed by atoms with Gasteiger partial charge in [0.25, 0.3) is 5.91 Å². The molecular formula is C21H16ClN3O2. The second-order valence-electron chi connectivity index (χ2n) is 6.46. The Kier molecular flexibility index (Phi) is 4.69. The van der Waals surface area contributed by atoms with Crippen LogP contribution in [0.25, 0.3) is 0 Å². The summed E-state index contributed by atoms with van der Waals surface area (Å²) in [5, 5.41) is 3.34. The van der Waals surface area contributed by atoms with E-state index in [4.69, 9.17) is 11.6 Å². The van der Waals surface area contributed by atoms with Crippen LogP contribution >= 0.6 is 11.6 Å². The van der Waals surface area contributed by atoms with E-state index in [1.54, 1.807) is 24.3 Å². The fourth-order valence-corrected chi connectivity index (χ4v) is 3.46. The average Bonchev–Trinajstić information content (AvgIpc) is 2.68. The van der Waals surface area contributed by atoms with E-state index in [0.717, 1.165) is 5.56 Å². The van der Waals surface area contributed by atoms with Crippen molar-refractivity contribution in [2.45, 2.75) is 18.8 Å². The van der Waals surface area contributed by atoms with Crippen molar-refractivity contribution < 1.29 is 9.59 Å². The zero-order chi connectivity index (χ0) is 18.8. The molecule has 1 atom stereocenters. The topological polar surface area (TPSA) is 72.0 Å². The summed E-state index contributed by atoms with van der Waals surface area (Å²) in [5.41, 5.74) is 2.70. The van der Waals surface area contributed by atoms with Gasteiger partial charge in [0.1, 0.15) is 0 Å². The van der Waals surface area contributed by atoms with E-state index in [0.29, 0.717) is 34.7 Å². The smallest absolute Gasteiger partial charge is 0.258 e. The van der Waals surface area contributed by atoms with Crippen LogP contribution in [0.3, 0.4) is 0 Å². The number of hydrogen-bond donors (Lipinski definition) is 1. The number of ketones is 1. The van der Waals surface area contributed by atoms with Gasteiger partial charge in [-0.2, -0.15) is 0 Å². The van der Waals surface area contributed by atoms with Gasteiger partial charge >= 0.3 is 0 Å². The maximum absolute atomic E-state index is 12.5. The van der Waals surface area contributed by atoms with Gasteiger partial charge in [-0.25, -0.2) is 9.97 Å². The van der Waals surface area contributed by atoms with Crippen LogP contribution in [-0.2, 0) is 6.42 Å². The third-order valence-corrected chi connectivity index (χ3v) is 4.86. The monoisotopic (exact) mass is 377 g/mol. The predicted octanol–water partition coefficient (Wildman–Crippen LogP) is 4.30. The molecule has 0 fully saturated rings. The second kappa shape index (κ2) is 7.29. The van der Waals surface area contributed by atoms with Crippen LogP contribution in [0.5, 0.6) is 0 Å². The lowest BCUT2D eigenvalue weighted by Gasteiger charge is -2.23. The third-order valence-electron chi connectivity index (χ3n) is 4.62. The number of carbonyl (C=O) groups is 2. The van der Waals surface area contributed by atoms with Crippen LogP contribution in [0.1, 0.15) is 44.3 Å². The van der Waals surface area contributed by atoms with Crippen molar-refractivity contribution in [2.75, 3.05) is 5.32 Å². The maximum atomic E-state index is 12.5. The molecule has 5 nitrogen and oxygen atoms in total. The van der Waals surface area contributed by atoms with Gasteiger partial charge in [0.15, 0.2) is 5.78 Å². The first-order chi connectivity index (χ1) is 13.1. The summed E-state index contributed by atoms with van der Waals surface area (Å²) < 4.78 is 0. The second-order valence-corrected chi connectivity index (χ2v) is 6.89. The molecule has 2 aromatic carbocycles. The Morgan fingerprint density at radius 2 is 1.89 bits per heavy atom. The predicted molar refractivity (Wildman–Crippen MR) is 103 cm³/mol. The number of rotatable bonds is 3. The first kappa shape index (κ1) is 17.4. The molecule has 1 heterocycles. The van der Waals surface area contributed by atoms with Crippen LogP contribution in [0.2, 0.25) is 5.02 Å². The van der Waals surface area contributed by atoms with E-state index in [1.807, 2.05) is 30.3 Å². The SMILES string of the molecule is O=C(Nc1ncc2c(n1)C[C@@H](c1cccc(Cl)c1)CC2=O)c1ccccc1. The van der Waals surface area contributed by atoms with Crippen LogP contribution < -0.4 is 5.32 Å². The van der Waals surface area contributed by atoms with Crippen molar-refractivity contribution in [1.82, 2.24) is 9.97 Å². The molecule has 0 radical (unpaired) electrons. The highest BCUT2D eigenvalue weighted by molar-refractivity contribution is 6.30. The molecule has 1 amide bonds. The van der Waals surface area contributed by atoms with E-state index < -0.39 is 0 Å². The Morgan fingerprint density at radius 3 is 2.67 bits per heavy atom. The number of hydrogen-bond acceptors (Lipinski definition) is 4. The Hall–Kier alpha value is -3.05. The Balaban J connectivity index is 1.59. The van der Waals surface area contributed by atoms with Gasteiger partial charge < -0.3 is 0 Å². The summed E-state index contributed by atoms with van der Waals surface area (Å²) in [4.78, 5) is 33.4. The van der Waals surface area contributed by atoms with Crippen LogP contribution in [0.15, 0.2) is 60.8 Å². The number of amides is 1. The number of halogens is 1. The molecule has 0 unspecified atom stereocenters. The lowest BCUT2D eigenvalue weighted by atomic mass is 9.82. The summed E-state index contributed by atoms with van der Waals surface area (Å²) >= 11 is 6.08. The lowest BCUT2D eigenvalue weighted by Crippen LogP contribution is -2.22. The minimum atomic E-state index is -0.288. The van der Waals surface area contributed by atoms with E-state index in [-0.39, 0.29) is 23.6 Å². The van der Waals surface area contributed by atoms with Crippen molar-refractivity contribution in [3.63, 3.8) is 0 Å². The molecule has 0 bridgehead atoms. The summed E-state index contributed by atoms with van der Waals surface area (Å²) in [6.07, 6.45) is 2.49. The van der Waals surface area contributed by atoms with Gasteiger partial charge in [-0.15, -0.1) is 0 Å². The molecule has 1 N–H and O–H groups in total. The van der Waals surface area contributed by atoms with Gasteiger partial charge in [0, 0.05) is 23.2 Å². The molecule has 0 spiro atoms. The zero-order valence-electron chi connectivity index (χ0n) is 14.4. The minimum Gasteiger partial charge on any atom is -0.294 e. The maximum Gasteiger partial charge on any atom is 0.258 e. The fraction of sp³-hybridized carbons (Fsp3) is 0.143. The first-order valence-electron chi connectivity index (χ1n) is 8.61. The van der Waals surface area contributed by atoms with E-state index in [9.17, 15) is 9.59 Å². The number of benzene rings is 2. The van der Waals surface area contributed by atoms with Crippen LogP contribution in [0, 0.1) is 0 Å². The van der Waals surface area contributed by atoms with Gasteiger partial charge in [-0.3, -0.25) is 14.9 Å². The molecule has 134 valence electrons. The summed E-state index contributed by atoms with van der Waals surface area (Å²) in [6.45, 7) is 0.